The van der Waals surface area contributed by atoms with E-state index < -0.39 is 12.0 Å². The van der Waals surface area contributed by atoms with Crippen molar-refractivity contribution in [2.75, 3.05) is 6.61 Å². The molecule has 8 heteroatoms. The fourth-order valence-corrected chi connectivity index (χ4v) is 4.74. The number of carbonyl (C=O) groups is 1. The van der Waals surface area contributed by atoms with Crippen LogP contribution in [-0.4, -0.2) is 22.2 Å². The van der Waals surface area contributed by atoms with Gasteiger partial charge in [-0.25, -0.2) is 9.79 Å². The van der Waals surface area contributed by atoms with Crippen LogP contribution in [0.4, 0.5) is 0 Å². The number of rotatable bonds is 4. The van der Waals surface area contributed by atoms with Crippen molar-refractivity contribution >= 4 is 35.0 Å². The third-order valence-electron chi connectivity index (χ3n) is 4.91. The van der Waals surface area contributed by atoms with Gasteiger partial charge in [0.05, 0.1) is 28.5 Å². The van der Waals surface area contributed by atoms with Crippen LogP contribution in [0, 0.1) is 0 Å². The summed E-state index contributed by atoms with van der Waals surface area (Å²) in [6.45, 7) is 3.69. The average molecular weight is 455 g/mol. The van der Waals surface area contributed by atoms with Gasteiger partial charge in [0, 0.05) is 10.6 Å². The van der Waals surface area contributed by atoms with Gasteiger partial charge in [0.15, 0.2) is 4.80 Å². The Morgan fingerprint density at radius 1 is 1.29 bits per heavy atom. The highest BCUT2D eigenvalue weighted by Crippen LogP contribution is 2.30. The number of allylic oxidation sites excluding steroid dienone is 1. The number of aromatic hydroxyl groups is 1. The third kappa shape index (κ3) is 3.94. The summed E-state index contributed by atoms with van der Waals surface area (Å²) in [6.07, 6.45) is 1.58. The predicted octanol–water partition coefficient (Wildman–Crippen LogP) is 3.16. The van der Waals surface area contributed by atoms with Crippen LogP contribution >= 0.6 is 22.9 Å². The molecule has 4 rings (SSSR count). The van der Waals surface area contributed by atoms with Crippen molar-refractivity contribution in [3.63, 3.8) is 0 Å². The van der Waals surface area contributed by atoms with Crippen LogP contribution in [-0.2, 0) is 9.53 Å². The normalized spacial score (nSPS) is 16.1. The molecule has 1 aliphatic heterocycles. The number of nitrogens with zero attached hydrogens (tertiary/aromatic N) is 2. The van der Waals surface area contributed by atoms with E-state index in [1.807, 2.05) is 30.3 Å². The number of esters is 1. The van der Waals surface area contributed by atoms with E-state index in [2.05, 4.69) is 4.99 Å². The summed E-state index contributed by atoms with van der Waals surface area (Å²) < 4.78 is 7.14. The van der Waals surface area contributed by atoms with Crippen molar-refractivity contribution in [2.45, 2.75) is 19.9 Å². The van der Waals surface area contributed by atoms with Crippen molar-refractivity contribution in [1.82, 2.24) is 4.57 Å². The van der Waals surface area contributed by atoms with Gasteiger partial charge >= 0.3 is 5.97 Å². The molecule has 0 aliphatic carbocycles. The Hall–Kier alpha value is -3.16. The Bertz CT molecular complexity index is 1370. The standard InChI is InChI=1S/C23H19ClN2O4S/c1-3-30-22(29)19-13(2)25-23-26(20(19)14-7-5-4-6-8-14)21(28)18(31-23)12-15-11-16(24)9-10-17(15)27/h4-12,20,27H,3H2,1-2H3/b18-12-/t20-/m1/s1. The molecular weight excluding hydrogens is 436 g/mol. The molecule has 1 N–H and O–H groups in total. The van der Waals surface area contributed by atoms with Crippen molar-refractivity contribution in [3.8, 4) is 5.75 Å². The summed E-state index contributed by atoms with van der Waals surface area (Å²) >= 11 is 7.23. The number of fused-ring (bicyclic) bond motifs is 1. The first-order valence-electron chi connectivity index (χ1n) is 9.64. The molecule has 158 valence electrons. The summed E-state index contributed by atoms with van der Waals surface area (Å²) in [6, 6.07) is 13.3. The minimum absolute atomic E-state index is 0.0123. The van der Waals surface area contributed by atoms with E-state index in [-0.39, 0.29) is 17.9 Å². The number of aromatic nitrogens is 1. The summed E-state index contributed by atoms with van der Waals surface area (Å²) in [5.41, 5.74) is 1.73. The quantitative estimate of drug-likeness (QED) is 0.614. The molecule has 1 aliphatic rings. The van der Waals surface area contributed by atoms with E-state index in [0.29, 0.717) is 31.2 Å². The van der Waals surface area contributed by atoms with E-state index in [9.17, 15) is 14.7 Å². The highest BCUT2D eigenvalue weighted by Gasteiger charge is 2.33. The smallest absolute Gasteiger partial charge is 0.338 e. The van der Waals surface area contributed by atoms with Gasteiger partial charge in [0.25, 0.3) is 5.56 Å². The monoisotopic (exact) mass is 454 g/mol. The molecule has 2 heterocycles. The maximum absolute atomic E-state index is 13.4. The lowest BCUT2D eigenvalue weighted by atomic mass is 9.96. The van der Waals surface area contributed by atoms with Crippen LogP contribution < -0.4 is 14.9 Å². The number of halogens is 1. The first kappa shape index (κ1) is 21.1. The van der Waals surface area contributed by atoms with Gasteiger partial charge in [-0.2, -0.15) is 0 Å². The number of hydrogen-bond donors (Lipinski definition) is 1. The molecule has 0 saturated heterocycles. The summed E-state index contributed by atoms with van der Waals surface area (Å²) in [7, 11) is 0. The molecule has 31 heavy (non-hydrogen) atoms. The second-order valence-corrected chi connectivity index (χ2v) is 8.36. The largest absolute Gasteiger partial charge is 0.507 e. The molecule has 0 amide bonds. The third-order valence-corrected chi connectivity index (χ3v) is 6.13. The molecule has 3 aromatic rings. The maximum Gasteiger partial charge on any atom is 0.338 e. The lowest BCUT2D eigenvalue weighted by molar-refractivity contribution is -0.139. The Balaban J connectivity index is 1.97. The van der Waals surface area contributed by atoms with Crippen molar-refractivity contribution in [2.24, 2.45) is 4.99 Å². The zero-order chi connectivity index (χ0) is 22.1. The Morgan fingerprint density at radius 2 is 2.03 bits per heavy atom. The van der Waals surface area contributed by atoms with Crippen LogP contribution in [0.5, 0.6) is 5.75 Å². The molecule has 0 saturated carbocycles. The number of carbonyl (C=O) groups excluding carboxylic acids is 1. The maximum atomic E-state index is 13.4. The van der Waals surface area contributed by atoms with E-state index >= 15 is 0 Å². The van der Waals surface area contributed by atoms with Gasteiger partial charge in [0.2, 0.25) is 0 Å². The predicted molar refractivity (Wildman–Crippen MR) is 120 cm³/mol. The lowest BCUT2D eigenvalue weighted by Crippen LogP contribution is -2.39. The Morgan fingerprint density at radius 3 is 2.74 bits per heavy atom. The van der Waals surface area contributed by atoms with Gasteiger partial charge in [-0.15, -0.1) is 0 Å². The van der Waals surface area contributed by atoms with Crippen LogP contribution in [0.1, 0.15) is 31.0 Å². The second kappa shape index (κ2) is 8.53. The zero-order valence-electron chi connectivity index (χ0n) is 16.8. The minimum Gasteiger partial charge on any atom is -0.507 e. The van der Waals surface area contributed by atoms with Crippen molar-refractivity contribution in [1.29, 1.82) is 0 Å². The van der Waals surface area contributed by atoms with E-state index in [4.69, 9.17) is 16.3 Å². The fourth-order valence-electron chi connectivity index (χ4n) is 3.52. The van der Waals surface area contributed by atoms with E-state index in [1.54, 1.807) is 32.1 Å². The average Bonchev–Trinajstić information content (AvgIpc) is 3.05. The zero-order valence-corrected chi connectivity index (χ0v) is 18.4. The molecular formula is C23H19ClN2O4S. The number of ether oxygens (including phenoxy) is 1. The SMILES string of the molecule is CCOC(=O)C1=C(C)N=c2s/c(=C\c3cc(Cl)ccc3O)c(=O)n2[C@@H]1c1ccccc1. The van der Waals surface area contributed by atoms with Gasteiger partial charge < -0.3 is 9.84 Å². The fraction of sp³-hybridized carbons (Fsp3) is 0.174. The molecule has 2 aromatic carbocycles. The van der Waals surface area contributed by atoms with Crippen LogP contribution in [0.2, 0.25) is 5.02 Å². The number of benzene rings is 2. The first-order chi connectivity index (χ1) is 14.9. The number of phenols is 1. The highest BCUT2D eigenvalue weighted by atomic mass is 35.5. The van der Waals surface area contributed by atoms with Gasteiger partial charge in [-0.1, -0.05) is 53.3 Å². The highest BCUT2D eigenvalue weighted by molar-refractivity contribution is 7.07. The molecule has 0 radical (unpaired) electrons. The van der Waals surface area contributed by atoms with E-state index in [1.165, 1.54) is 22.0 Å². The van der Waals surface area contributed by atoms with Crippen LogP contribution in [0.3, 0.4) is 0 Å². The first-order valence-corrected chi connectivity index (χ1v) is 10.8. The molecule has 0 fully saturated rings. The molecule has 6 nitrogen and oxygen atoms in total. The van der Waals surface area contributed by atoms with Crippen molar-refractivity contribution < 1.29 is 14.6 Å². The number of phenolic OH excluding ortho intramolecular Hbond substituents is 1. The molecule has 1 atom stereocenters. The van der Waals surface area contributed by atoms with E-state index in [0.717, 1.165) is 5.56 Å². The summed E-state index contributed by atoms with van der Waals surface area (Å²) in [5, 5.41) is 10.6. The second-order valence-electron chi connectivity index (χ2n) is 6.92. The van der Waals surface area contributed by atoms with Crippen LogP contribution in [0.25, 0.3) is 6.08 Å². The topological polar surface area (TPSA) is 80.9 Å². The summed E-state index contributed by atoms with van der Waals surface area (Å²) in [4.78, 5) is 31.2. The summed E-state index contributed by atoms with van der Waals surface area (Å²) in [5.74, 6) is -0.488. The van der Waals surface area contributed by atoms with Crippen molar-refractivity contribution in [3.05, 3.63) is 95.6 Å². The van der Waals surface area contributed by atoms with Gasteiger partial charge in [-0.3, -0.25) is 9.36 Å². The van der Waals surface area contributed by atoms with Gasteiger partial charge in [0.1, 0.15) is 5.75 Å². The molecule has 0 spiro atoms. The van der Waals surface area contributed by atoms with Gasteiger partial charge in [-0.05, 0) is 43.7 Å². The molecule has 0 unspecified atom stereocenters. The molecule has 0 bridgehead atoms. The Kier molecular flexibility index (Phi) is 5.80. The van der Waals surface area contributed by atoms with Crippen LogP contribution in [0.15, 0.2) is 69.6 Å². The minimum atomic E-state index is -0.661. The Labute approximate surface area is 187 Å². The lowest BCUT2D eigenvalue weighted by Gasteiger charge is -2.24. The molecule has 1 aromatic heterocycles. The number of hydrogen-bond acceptors (Lipinski definition) is 6. The number of thiazole rings is 1.